The highest BCUT2D eigenvalue weighted by molar-refractivity contribution is 5.97. The van der Waals surface area contributed by atoms with Gasteiger partial charge in [-0.25, -0.2) is 9.97 Å². The fraction of sp³-hybridized carbons (Fsp3) is 0.346. The van der Waals surface area contributed by atoms with Gasteiger partial charge >= 0.3 is 6.36 Å². The van der Waals surface area contributed by atoms with Crippen molar-refractivity contribution in [2.24, 2.45) is 0 Å². The normalized spacial score (nSPS) is 19.7. The molecule has 10 nitrogen and oxygen atoms in total. The van der Waals surface area contributed by atoms with Crippen molar-refractivity contribution in [3.8, 4) is 5.75 Å². The molecule has 4 aromatic rings. The number of ether oxygens (including phenoxy) is 1. The van der Waals surface area contributed by atoms with Gasteiger partial charge in [0.15, 0.2) is 0 Å². The first kappa shape index (κ1) is 25.0. The number of carbonyl (C=O) groups excluding carboxylic acids is 1. The molecule has 39 heavy (non-hydrogen) atoms. The fourth-order valence-electron chi connectivity index (χ4n) is 5.29. The summed E-state index contributed by atoms with van der Waals surface area (Å²) in [6, 6.07) is 11.2. The summed E-state index contributed by atoms with van der Waals surface area (Å²) < 4.78 is 41.0. The molecule has 2 aromatic carbocycles. The summed E-state index contributed by atoms with van der Waals surface area (Å²) >= 11 is 0. The van der Waals surface area contributed by atoms with Crippen LogP contribution in [0.4, 0.5) is 24.8 Å². The number of nitrogens with zero attached hydrogens (tertiary/aromatic N) is 6. The van der Waals surface area contributed by atoms with Gasteiger partial charge in [0.25, 0.3) is 5.91 Å². The molecule has 2 aromatic heterocycles. The van der Waals surface area contributed by atoms with Crippen LogP contribution in [0.15, 0.2) is 48.7 Å². The second-order valence-electron chi connectivity index (χ2n) is 9.84. The first-order valence-electron chi connectivity index (χ1n) is 12.6. The van der Waals surface area contributed by atoms with Crippen LogP contribution < -0.4 is 10.1 Å². The number of halogens is 3. The lowest BCUT2D eigenvalue weighted by Crippen LogP contribution is -2.50. The van der Waals surface area contributed by atoms with E-state index in [1.54, 1.807) is 18.3 Å². The van der Waals surface area contributed by atoms with Crippen molar-refractivity contribution in [1.29, 1.82) is 0 Å². The molecule has 2 aliphatic heterocycles. The van der Waals surface area contributed by atoms with Crippen LogP contribution in [-0.4, -0.2) is 66.1 Å². The SMILES string of the molecule is C[C@@H]1C[C@H](N2Cc3cnc(Nc4ccc(OC(F)(F)F)cc4)nc3C2)CCN1C(=O)c1ccc2[nH]nnc2c1. The Hall–Kier alpha value is -4.26. The highest BCUT2D eigenvalue weighted by Crippen LogP contribution is 2.31. The highest BCUT2D eigenvalue weighted by atomic mass is 19.4. The van der Waals surface area contributed by atoms with E-state index in [1.165, 1.54) is 24.3 Å². The Balaban J connectivity index is 1.06. The number of H-pyrrole nitrogens is 1. The zero-order chi connectivity index (χ0) is 27.1. The van der Waals surface area contributed by atoms with Gasteiger partial charge in [-0.15, -0.1) is 18.3 Å². The monoisotopic (exact) mass is 538 g/mol. The number of anilines is 2. The lowest BCUT2D eigenvalue weighted by atomic mass is 9.96. The van der Waals surface area contributed by atoms with Gasteiger partial charge < -0.3 is 15.0 Å². The number of fused-ring (bicyclic) bond motifs is 2. The van der Waals surface area contributed by atoms with Crippen LogP contribution in [0.2, 0.25) is 0 Å². The van der Waals surface area contributed by atoms with Crippen LogP contribution in [0.5, 0.6) is 5.75 Å². The standard InChI is InChI=1S/C26H25F3N8O2/c1-15-10-19(8-9-37(15)24(38)16-2-7-21-22(11-16)34-35-33-21)36-13-17-12-30-25(32-23(17)14-36)31-18-3-5-20(6-4-18)39-26(27,28)29/h2-7,11-12,15,19H,8-10,13-14H2,1H3,(H,30,31,32)(H,33,34,35)/t15-,19-/m1/s1. The van der Waals surface area contributed by atoms with Crippen molar-refractivity contribution in [3.05, 3.63) is 65.5 Å². The number of aromatic amines is 1. The van der Waals surface area contributed by atoms with Gasteiger partial charge in [-0.05, 0) is 62.2 Å². The van der Waals surface area contributed by atoms with Gasteiger partial charge in [-0.1, -0.05) is 5.21 Å². The minimum atomic E-state index is -4.74. The van der Waals surface area contributed by atoms with Crippen LogP contribution in [0.3, 0.4) is 0 Å². The Kier molecular flexibility index (Phi) is 6.29. The summed E-state index contributed by atoms with van der Waals surface area (Å²) in [6.45, 7) is 4.13. The van der Waals surface area contributed by atoms with Crippen molar-refractivity contribution in [1.82, 2.24) is 35.2 Å². The topological polar surface area (TPSA) is 112 Å². The number of piperidine rings is 1. The summed E-state index contributed by atoms with van der Waals surface area (Å²) in [5.74, 6) is 0.0738. The van der Waals surface area contributed by atoms with E-state index in [2.05, 4.69) is 47.3 Å². The maximum Gasteiger partial charge on any atom is 0.573 e. The summed E-state index contributed by atoms with van der Waals surface area (Å²) in [7, 11) is 0. The van der Waals surface area contributed by atoms with Gasteiger partial charge in [-0.2, -0.15) is 0 Å². The van der Waals surface area contributed by atoms with Gasteiger partial charge in [0.2, 0.25) is 5.95 Å². The molecule has 1 fully saturated rings. The van der Waals surface area contributed by atoms with Crippen LogP contribution in [0.1, 0.15) is 41.4 Å². The molecule has 0 radical (unpaired) electrons. The second-order valence-corrected chi connectivity index (χ2v) is 9.84. The lowest BCUT2D eigenvalue weighted by molar-refractivity contribution is -0.274. The number of nitrogens with one attached hydrogen (secondary N) is 2. The molecule has 2 aliphatic rings. The minimum absolute atomic E-state index is 0.00450. The minimum Gasteiger partial charge on any atom is -0.406 e. The van der Waals surface area contributed by atoms with Crippen molar-refractivity contribution in [3.63, 3.8) is 0 Å². The number of amides is 1. The molecule has 0 bridgehead atoms. The van der Waals surface area contributed by atoms with Gasteiger partial charge in [0.1, 0.15) is 11.3 Å². The number of alkyl halides is 3. The number of hydrogen-bond donors (Lipinski definition) is 2. The highest BCUT2D eigenvalue weighted by Gasteiger charge is 2.35. The molecule has 13 heteroatoms. The molecule has 2 atom stereocenters. The predicted octanol–water partition coefficient (Wildman–Crippen LogP) is 4.40. The first-order chi connectivity index (χ1) is 18.7. The molecule has 1 saturated heterocycles. The van der Waals surface area contributed by atoms with Gasteiger partial charge in [0.05, 0.1) is 11.2 Å². The maximum absolute atomic E-state index is 13.2. The summed E-state index contributed by atoms with van der Waals surface area (Å²) in [6.07, 6.45) is -1.26. The largest absolute Gasteiger partial charge is 0.573 e. The molecule has 0 aliphatic carbocycles. The molecule has 202 valence electrons. The third kappa shape index (κ3) is 5.35. The molecular formula is C26H25F3N8O2. The Bertz CT molecular complexity index is 1510. The maximum atomic E-state index is 13.2. The Morgan fingerprint density at radius 1 is 1.15 bits per heavy atom. The van der Waals surface area contributed by atoms with E-state index in [9.17, 15) is 18.0 Å². The molecular weight excluding hydrogens is 513 g/mol. The van der Waals surface area contributed by atoms with E-state index in [-0.39, 0.29) is 17.7 Å². The van der Waals surface area contributed by atoms with Crippen LogP contribution in [-0.2, 0) is 13.1 Å². The summed E-state index contributed by atoms with van der Waals surface area (Å²) in [4.78, 5) is 26.5. The van der Waals surface area contributed by atoms with Gasteiger partial charge in [0, 0.05) is 54.7 Å². The third-order valence-corrected chi connectivity index (χ3v) is 7.22. The van der Waals surface area contributed by atoms with E-state index in [1.807, 2.05) is 11.0 Å². The molecule has 6 rings (SSSR count). The average Bonchev–Trinajstić information content (AvgIpc) is 3.55. The number of aromatic nitrogens is 5. The van der Waals surface area contributed by atoms with Crippen LogP contribution in [0.25, 0.3) is 11.0 Å². The van der Waals surface area contributed by atoms with Crippen LogP contribution in [0, 0.1) is 0 Å². The molecule has 1 amide bonds. The van der Waals surface area contributed by atoms with Crippen molar-refractivity contribution < 1.29 is 22.7 Å². The number of rotatable bonds is 5. The van der Waals surface area contributed by atoms with Gasteiger partial charge in [-0.3, -0.25) is 14.8 Å². The first-order valence-corrected chi connectivity index (χ1v) is 12.6. The van der Waals surface area contributed by atoms with Crippen molar-refractivity contribution in [2.45, 2.75) is 51.3 Å². The quantitative estimate of drug-likeness (QED) is 0.385. The Morgan fingerprint density at radius 2 is 1.97 bits per heavy atom. The number of hydrogen-bond acceptors (Lipinski definition) is 8. The van der Waals surface area contributed by atoms with Crippen molar-refractivity contribution >= 4 is 28.6 Å². The second kappa shape index (κ2) is 9.80. The molecule has 4 heterocycles. The zero-order valence-corrected chi connectivity index (χ0v) is 20.9. The Morgan fingerprint density at radius 3 is 2.74 bits per heavy atom. The fourth-order valence-corrected chi connectivity index (χ4v) is 5.29. The molecule has 0 saturated carbocycles. The molecule has 2 N–H and O–H groups in total. The van der Waals surface area contributed by atoms with Crippen LogP contribution >= 0.6 is 0 Å². The molecule has 0 unspecified atom stereocenters. The number of carbonyl (C=O) groups is 1. The van der Waals surface area contributed by atoms with E-state index in [0.717, 1.165) is 36.2 Å². The summed E-state index contributed by atoms with van der Waals surface area (Å²) in [5, 5.41) is 13.6. The van der Waals surface area contributed by atoms with E-state index >= 15 is 0 Å². The average molecular weight is 539 g/mol. The smallest absolute Gasteiger partial charge is 0.406 e. The third-order valence-electron chi connectivity index (χ3n) is 7.22. The van der Waals surface area contributed by atoms with E-state index in [4.69, 9.17) is 0 Å². The van der Waals surface area contributed by atoms with E-state index in [0.29, 0.717) is 41.8 Å². The lowest BCUT2D eigenvalue weighted by Gasteiger charge is -2.41. The van der Waals surface area contributed by atoms with Crippen molar-refractivity contribution in [2.75, 3.05) is 11.9 Å². The van der Waals surface area contributed by atoms with E-state index < -0.39 is 6.36 Å². The number of likely N-dealkylation sites (tertiary alicyclic amines) is 1. The molecule has 0 spiro atoms. The zero-order valence-electron chi connectivity index (χ0n) is 20.9. The predicted molar refractivity (Wildman–Crippen MR) is 135 cm³/mol. The Labute approximate surface area is 221 Å². The number of benzene rings is 2. The summed E-state index contributed by atoms with van der Waals surface area (Å²) in [5.41, 5.74) is 4.57.